The molecule has 1 aliphatic rings. The highest BCUT2D eigenvalue weighted by molar-refractivity contribution is 5.79. The van der Waals surface area contributed by atoms with Gasteiger partial charge < -0.3 is 4.90 Å². The highest BCUT2D eigenvalue weighted by atomic mass is 16.2. The van der Waals surface area contributed by atoms with Crippen LogP contribution in [-0.2, 0) is 24.2 Å². The Labute approximate surface area is 117 Å². The summed E-state index contributed by atoms with van der Waals surface area (Å²) in [7, 11) is 1.82. The van der Waals surface area contributed by atoms with Gasteiger partial charge in [-0.25, -0.2) is 0 Å². The second-order valence-corrected chi connectivity index (χ2v) is 5.34. The zero-order valence-corrected chi connectivity index (χ0v) is 11.8. The van der Waals surface area contributed by atoms with Gasteiger partial charge in [-0.3, -0.25) is 14.6 Å². The van der Waals surface area contributed by atoms with Gasteiger partial charge in [-0.1, -0.05) is 0 Å². The van der Waals surface area contributed by atoms with Gasteiger partial charge in [-0.2, -0.15) is 10.2 Å². The van der Waals surface area contributed by atoms with E-state index in [4.69, 9.17) is 0 Å². The van der Waals surface area contributed by atoms with Crippen LogP contribution in [0.25, 0.3) is 0 Å². The van der Waals surface area contributed by atoms with Crippen LogP contribution in [0.1, 0.15) is 36.3 Å². The Bertz CT molecular complexity index is 601. The van der Waals surface area contributed by atoms with E-state index in [9.17, 15) is 4.79 Å². The lowest BCUT2D eigenvalue weighted by Crippen LogP contribution is -2.33. The molecule has 0 unspecified atom stereocenters. The maximum absolute atomic E-state index is 12.4. The number of aromatic nitrogens is 4. The lowest BCUT2D eigenvalue weighted by atomic mass is 10.2. The molecular formula is C14H19N5O. The van der Waals surface area contributed by atoms with Gasteiger partial charge in [0.1, 0.15) is 6.04 Å². The summed E-state index contributed by atoms with van der Waals surface area (Å²) >= 11 is 0. The molecule has 1 aliphatic carbocycles. The fourth-order valence-electron chi connectivity index (χ4n) is 2.76. The lowest BCUT2D eigenvalue weighted by molar-refractivity contribution is -0.133. The number of carbonyl (C=O) groups excluding carboxylic acids is 1. The number of hydrogen-bond donors (Lipinski definition) is 1. The van der Waals surface area contributed by atoms with E-state index in [0.29, 0.717) is 6.54 Å². The van der Waals surface area contributed by atoms with Gasteiger partial charge >= 0.3 is 0 Å². The quantitative estimate of drug-likeness (QED) is 0.913. The van der Waals surface area contributed by atoms with Crippen molar-refractivity contribution in [3.05, 3.63) is 35.4 Å². The summed E-state index contributed by atoms with van der Waals surface area (Å²) in [5.74, 6) is 0.0449. The van der Waals surface area contributed by atoms with Crippen molar-refractivity contribution < 1.29 is 4.79 Å². The minimum atomic E-state index is -0.290. The molecule has 0 fully saturated rings. The topological polar surface area (TPSA) is 66.8 Å². The minimum Gasteiger partial charge on any atom is -0.338 e. The van der Waals surface area contributed by atoms with Crippen LogP contribution in [0.5, 0.6) is 0 Å². The number of nitrogens with zero attached hydrogens (tertiary/aromatic N) is 4. The summed E-state index contributed by atoms with van der Waals surface area (Å²) in [5, 5.41) is 11.5. The second kappa shape index (κ2) is 5.11. The molecule has 106 valence electrons. The summed E-state index contributed by atoms with van der Waals surface area (Å²) in [6.07, 6.45) is 6.81. The van der Waals surface area contributed by atoms with E-state index < -0.39 is 0 Å². The minimum absolute atomic E-state index is 0.0449. The highest BCUT2D eigenvalue weighted by Crippen LogP contribution is 2.23. The SMILES string of the molecule is C[C@H](C(=O)N(C)Cc1n[nH]c2c1CCC2)n1cccn1. The number of hydrogen-bond acceptors (Lipinski definition) is 3. The Morgan fingerprint density at radius 2 is 2.40 bits per heavy atom. The average Bonchev–Trinajstić information content (AvgIpc) is 3.15. The van der Waals surface area contributed by atoms with Gasteiger partial charge in [0.25, 0.3) is 0 Å². The van der Waals surface area contributed by atoms with Crippen LogP contribution < -0.4 is 0 Å². The van der Waals surface area contributed by atoms with Crippen LogP contribution in [0, 0.1) is 0 Å². The molecule has 1 atom stereocenters. The zero-order chi connectivity index (χ0) is 14.1. The third kappa shape index (κ3) is 2.21. The van der Waals surface area contributed by atoms with Crippen molar-refractivity contribution in [2.24, 2.45) is 0 Å². The first-order valence-electron chi connectivity index (χ1n) is 6.96. The number of carbonyl (C=O) groups is 1. The fourth-order valence-corrected chi connectivity index (χ4v) is 2.76. The Morgan fingerprint density at radius 1 is 1.55 bits per heavy atom. The predicted molar refractivity (Wildman–Crippen MR) is 74.0 cm³/mol. The van der Waals surface area contributed by atoms with Crippen molar-refractivity contribution in [3.8, 4) is 0 Å². The number of fused-ring (bicyclic) bond motifs is 1. The molecule has 1 amide bonds. The molecule has 6 heteroatoms. The van der Waals surface area contributed by atoms with E-state index >= 15 is 0 Å². The van der Waals surface area contributed by atoms with Crippen LogP contribution in [0.2, 0.25) is 0 Å². The van der Waals surface area contributed by atoms with E-state index in [0.717, 1.165) is 18.5 Å². The first-order chi connectivity index (χ1) is 9.66. The van der Waals surface area contributed by atoms with Gasteiger partial charge in [0.05, 0.1) is 12.2 Å². The molecular weight excluding hydrogens is 254 g/mol. The maximum Gasteiger partial charge on any atom is 0.247 e. The first kappa shape index (κ1) is 12.9. The van der Waals surface area contributed by atoms with Gasteiger partial charge in [0.15, 0.2) is 0 Å². The van der Waals surface area contributed by atoms with Crippen molar-refractivity contribution in [1.29, 1.82) is 0 Å². The normalized spacial score (nSPS) is 15.1. The molecule has 2 aromatic rings. The number of rotatable bonds is 4. The van der Waals surface area contributed by atoms with Gasteiger partial charge in [-0.15, -0.1) is 0 Å². The highest BCUT2D eigenvalue weighted by Gasteiger charge is 2.23. The summed E-state index contributed by atoms with van der Waals surface area (Å²) in [6, 6.07) is 1.53. The largest absolute Gasteiger partial charge is 0.338 e. The van der Waals surface area contributed by atoms with E-state index in [1.54, 1.807) is 15.8 Å². The smallest absolute Gasteiger partial charge is 0.247 e. The molecule has 0 saturated heterocycles. The average molecular weight is 273 g/mol. The van der Waals surface area contributed by atoms with Gasteiger partial charge in [-0.05, 0) is 37.8 Å². The van der Waals surface area contributed by atoms with E-state index in [2.05, 4.69) is 15.3 Å². The molecule has 1 N–H and O–H groups in total. The van der Waals surface area contributed by atoms with Gasteiger partial charge in [0.2, 0.25) is 5.91 Å². The van der Waals surface area contributed by atoms with E-state index in [1.807, 2.05) is 26.2 Å². The number of H-pyrrole nitrogens is 1. The van der Waals surface area contributed by atoms with E-state index in [1.165, 1.54) is 17.7 Å². The molecule has 0 aromatic carbocycles. The molecule has 0 spiro atoms. The van der Waals surface area contributed by atoms with Crippen LogP contribution in [-0.4, -0.2) is 37.8 Å². The number of nitrogens with one attached hydrogen (secondary N) is 1. The fraction of sp³-hybridized carbons (Fsp3) is 0.500. The molecule has 6 nitrogen and oxygen atoms in total. The second-order valence-electron chi connectivity index (χ2n) is 5.34. The summed E-state index contributed by atoms with van der Waals surface area (Å²) in [4.78, 5) is 14.1. The van der Waals surface area contributed by atoms with Crippen LogP contribution >= 0.6 is 0 Å². The molecule has 0 radical (unpaired) electrons. The van der Waals surface area contributed by atoms with Gasteiger partial charge in [0, 0.05) is 25.1 Å². The molecule has 2 aromatic heterocycles. The molecule has 0 saturated carbocycles. The maximum atomic E-state index is 12.4. The Morgan fingerprint density at radius 3 is 3.15 bits per heavy atom. The molecule has 3 rings (SSSR count). The number of aryl methyl sites for hydroxylation is 1. The molecule has 0 aliphatic heterocycles. The van der Waals surface area contributed by atoms with Crippen LogP contribution in [0.15, 0.2) is 18.5 Å². The molecule has 0 bridgehead atoms. The summed E-state index contributed by atoms with van der Waals surface area (Å²) in [6.45, 7) is 2.41. The zero-order valence-electron chi connectivity index (χ0n) is 11.8. The predicted octanol–water partition coefficient (Wildman–Crippen LogP) is 1.31. The Kier molecular flexibility index (Phi) is 3.30. The summed E-state index contributed by atoms with van der Waals surface area (Å²) in [5.41, 5.74) is 3.54. The molecule has 2 heterocycles. The number of aromatic amines is 1. The van der Waals surface area contributed by atoms with Crippen LogP contribution in [0.4, 0.5) is 0 Å². The van der Waals surface area contributed by atoms with Crippen molar-refractivity contribution in [3.63, 3.8) is 0 Å². The van der Waals surface area contributed by atoms with Crippen molar-refractivity contribution in [2.45, 2.75) is 38.8 Å². The third-order valence-corrected chi connectivity index (χ3v) is 3.93. The Hall–Kier alpha value is -2.11. The lowest BCUT2D eigenvalue weighted by Gasteiger charge is -2.21. The summed E-state index contributed by atoms with van der Waals surface area (Å²) < 4.78 is 1.67. The molecule has 20 heavy (non-hydrogen) atoms. The van der Waals surface area contributed by atoms with Crippen LogP contribution in [0.3, 0.4) is 0 Å². The van der Waals surface area contributed by atoms with Crippen molar-refractivity contribution >= 4 is 5.91 Å². The van der Waals surface area contributed by atoms with Crippen molar-refractivity contribution in [1.82, 2.24) is 24.9 Å². The first-order valence-corrected chi connectivity index (χ1v) is 6.96. The number of amides is 1. The number of likely N-dealkylation sites (N-methyl/N-ethyl adjacent to an activating group) is 1. The standard InChI is InChI=1S/C14H19N5O/c1-10(19-8-4-7-15-19)14(20)18(2)9-13-11-5-3-6-12(11)16-17-13/h4,7-8,10H,3,5-6,9H2,1-2H3,(H,16,17)/t10-/m1/s1. The third-order valence-electron chi connectivity index (χ3n) is 3.93. The van der Waals surface area contributed by atoms with Crippen molar-refractivity contribution in [2.75, 3.05) is 7.05 Å². The monoisotopic (exact) mass is 273 g/mol. The van der Waals surface area contributed by atoms with E-state index in [-0.39, 0.29) is 11.9 Å². The Balaban J connectivity index is 1.69.